The van der Waals surface area contributed by atoms with Gasteiger partial charge in [-0.15, -0.1) is 0 Å². The fourth-order valence-corrected chi connectivity index (χ4v) is 3.50. The van der Waals surface area contributed by atoms with Crippen molar-refractivity contribution in [3.63, 3.8) is 0 Å². The van der Waals surface area contributed by atoms with Gasteiger partial charge in [-0.3, -0.25) is 9.69 Å². The SMILES string of the molecule is CCOc1ccccc1NC(=O)[C@H](C)N1CCN(c2ccccc2OC)CC1. The molecule has 1 atom stereocenters. The van der Waals surface area contributed by atoms with E-state index < -0.39 is 0 Å². The van der Waals surface area contributed by atoms with E-state index in [1.165, 1.54) is 0 Å². The molecule has 150 valence electrons. The van der Waals surface area contributed by atoms with Crippen LogP contribution in [0.3, 0.4) is 0 Å². The van der Waals surface area contributed by atoms with Crippen molar-refractivity contribution in [2.75, 3.05) is 50.1 Å². The molecule has 0 saturated carbocycles. The normalized spacial score (nSPS) is 15.8. The highest BCUT2D eigenvalue weighted by molar-refractivity contribution is 5.95. The summed E-state index contributed by atoms with van der Waals surface area (Å²) in [4.78, 5) is 17.3. The number of carbonyl (C=O) groups is 1. The number of ether oxygens (including phenoxy) is 2. The fourth-order valence-electron chi connectivity index (χ4n) is 3.50. The summed E-state index contributed by atoms with van der Waals surface area (Å²) in [6.07, 6.45) is 0. The number of hydrogen-bond donors (Lipinski definition) is 1. The van der Waals surface area contributed by atoms with Crippen LogP contribution in [0.2, 0.25) is 0 Å². The molecule has 1 saturated heterocycles. The Labute approximate surface area is 167 Å². The van der Waals surface area contributed by atoms with E-state index in [1.807, 2.05) is 56.3 Å². The highest BCUT2D eigenvalue weighted by Crippen LogP contribution is 2.29. The molecule has 1 heterocycles. The van der Waals surface area contributed by atoms with E-state index in [4.69, 9.17) is 9.47 Å². The van der Waals surface area contributed by atoms with Crippen molar-refractivity contribution >= 4 is 17.3 Å². The number of amides is 1. The second-order valence-electron chi connectivity index (χ2n) is 6.79. The van der Waals surface area contributed by atoms with Crippen LogP contribution in [0.15, 0.2) is 48.5 Å². The zero-order chi connectivity index (χ0) is 19.9. The van der Waals surface area contributed by atoms with Gasteiger partial charge in [-0.25, -0.2) is 0 Å². The molecule has 1 amide bonds. The molecule has 1 fully saturated rings. The summed E-state index contributed by atoms with van der Waals surface area (Å²) in [5.74, 6) is 1.57. The number of nitrogens with zero attached hydrogens (tertiary/aromatic N) is 2. The molecule has 0 unspecified atom stereocenters. The third kappa shape index (κ3) is 4.57. The first-order chi connectivity index (χ1) is 13.6. The van der Waals surface area contributed by atoms with Crippen LogP contribution >= 0.6 is 0 Å². The molecule has 6 nitrogen and oxygen atoms in total. The predicted molar refractivity (Wildman–Crippen MR) is 112 cm³/mol. The summed E-state index contributed by atoms with van der Waals surface area (Å²) in [6, 6.07) is 15.4. The van der Waals surface area contributed by atoms with E-state index in [2.05, 4.69) is 21.2 Å². The van der Waals surface area contributed by atoms with Crippen LogP contribution < -0.4 is 19.7 Å². The minimum absolute atomic E-state index is 0.0158. The zero-order valence-corrected chi connectivity index (χ0v) is 16.9. The first kappa shape index (κ1) is 20.0. The molecular weight excluding hydrogens is 354 g/mol. The molecule has 1 aliphatic heterocycles. The number of hydrogen-bond acceptors (Lipinski definition) is 5. The molecule has 0 radical (unpaired) electrons. The van der Waals surface area contributed by atoms with Crippen molar-refractivity contribution in [2.24, 2.45) is 0 Å². The molecule has 1 aliphatic rings. The fraction of sp³-hybridized carbons (Fsp3) is 0.409. The molecule has 2 aromatic rings. The van der Waals surface area contributed by atoms with Gasteiger partial charge in [0.05, 0.1) is 31.1 Å². The molecule has 1 N–H and O–H groups in total. The lowest BCUT2D eigenvalue weighted by Gasteiger charge is -2.38. The van der Waals surface area contributed by atoms with Crippen LogP contribution in [0.4, 0.5) is 11.4 Å². The lowest BCUT2D eigenvalue weighted by molar-refractivity contribution is -0.120. The molecule has 3 rings (SSSR count). The highest BCUT2D eigenvalue weighted by Gasteiger charge is 2.27. The first-order valence-electron chi connectivity index (χ1n) is 9.78. The summed E-state index contributed by atoms with van der Waals surface area (Å²) in [7, 11) is 1.70. The van der Waals surface area contributed by atoms with E-state index in [-0.39, 0.29) is 11.9 Å². The third-order valence-electron chi connectivity index (χ3n) is 5.11. The number of anilines is 2. The average molecular weight is 383 g/mol. The Balaban J connectivity index is 1.59. The van der Waals surface area contributed by atoms with Gasteiger partial charge in [0, 0.05) is 26.2 Å². The van der Waals surface area contributed by atoms with Gasteiger partial charge in [-0.2, -0.15) is 0 Å². The summed E-state index contributed by atoms with van der Waals surface area (Å²) < 4.78 is 11.1. The number of rotatable bonds is 7. The second-order valence-corrected chi connectivity index (χ2v) is 6.79. The van der Waals surface area contributed by atoms with Gasteiger partial charge < -0.3 is 19.7 Å². The quantitative estimate of drug-likeness (QED) is 0.795. The number of methoxy groups -OCH3 is 1. The second kappa shape index (κ2) is 9.46. The maximum atomic E-state index is 12.8. The topological polar surface area (TPSA) is 54.0 Å². The number of benzene rings is 2. The van der Waals surface area contributed by atoms with Crippen molar-refractivity contribution in [3.05, 3.63) is 48.5 Å². The molecule has 0 aliphatic carbocycles. The molecule has 2 aromatic carbocycles. The summed E-state index contributed by atoms with van der Waals surface area (Å²) >= 11 is 0. The Morgan fingerprint density at radius 1 is 1.04 bits per heavy atom. The lowest BCUT2D eigenvalue weighted by atomic mass is 10.2. The van der Waals surface area contributed by atoms with Crippen LogP contribution in [-0.2, 0) is 4.79 Å². The summed E-state index contributed by atoms with van der Waals surface area (Å²) in [5, 5.41) is 3.01. The van der Waals surface area contributed by atoms with Crippen molar-refractivity contribution in [1.29, 1.82) is 0 Å². The number of para-hydroxylation sites is 4. The van der Waals surface area contributed by atoms with Gasteiger partial charge in [0.15, 0.2) is 0 Å². The van der Waals surface area contributed by atoms with Gasteiger partial charge in [0.2, 0.25) is 5.91 Å². The zero-order valence-electron chi connectivity index (χ0n) is 16.9. The highest BCUT2D eigenvalue weighted by atomic mass is 16.5. The van der Waals surface area contributed by atoms with Gasteiger partial charge in [0.1, 0.15) is 11.5 Å². The Hall–Kier alpha value is -2.73. The van der Waals surface area contributed by atoms with E-state index in [0.717, 1.165) is 37.6 Å². The van der Waals surface area contributed by atoms with Gasteiger partial charge >= 0.3 is 0 Å². The lowest BCUT2D eigenvalue weighted by Crippen LogP contribution is -2.52. The Morgan fingerprint density at radius 2 is 1.68 bits per heavy atom. The van der Waals surface area contributed by atoms with Crippen molar-refractivity contribution in [2.45, 2.75) is 19.9 Å². The number of nitrogens with one attached hydrogen (secondary N) is 1. The Morgan fingerprint density at radius 3 is 2.36 bits per heavy atom. The van der Waals surface area contributed by atoms with Crippen LogP contribution in [0.25, 0.3) is 0 Å². The molecular formula is C22H29N3O3. The van der Waals surface area contributed by atoms with Crippen molar-refractivity contribution < 1.29 is 14.3 Å². The number of piperazine rings is 1. The van der Waals surface area contributed by atoms with Gasteiger partial charge in [-0.1, -0.05) is 24.3 Å². The van der Waals surface area contributed by atoms with Gasteiger partial charge in [0.25, 0.3) is 0 Å². The molecule has 0 bridgehead atoms. The standard InChI is InChI=1S/C22H29N3O3/c1-4-28-20-11-7-5-9-18(20)23-22(26)17(2)24-13-15-25(16-14-24)19-10-6-8-12-21(19)27-3/h5-12,17H,4,13-16H2,1-3H3,(H,23,26)/t17-/m0/s1. The monoisotopic (exact) mass is 383 g/mol. The third-order valence-corrected chi connectivity index (χ3v) is 5.11. The van der Waals surface area contributed by atoms with Crippen LogP contribution in [0.1, 0.15) is 13.8 Å². The smallest absolute Gasteiger partial charge is 0.241 e. The minimum Gasteiger partial charge on any atom is -0.495 e. The molecule has 28 heavy (non-hydrogen) atoms. The Kier molecular flexibility index (Phi) is 6.76. The maximum absolute atomic E-state index is 12.8. The van der Waals surface area contributed by atoms with Crippen LogP contribution in [0.5, 0.6) is 11.5 Å². The van der Waals surface area contributed by atoms with Crippen molar-refractivity contribution in [3.8, 4) is 11.5 Å². The Bertz CT molecular complexity index is 788. The largest absolute Gasteiger partial charge is 0.495 e. The van der Waals surface area contributed by atoms with Crippen molar-refractivity contribution in [1.82, 2.24) is 4.90 Å². The molecule has 0 aromatic heterocycles. The number of carbonyl (C=O) groups excluding carboxylic acids is 1. The van der Waals surface area contributed by atoms with Crippen LogP contribution in [0, 0.1) is 0 Å². The van der Waals surface area contributed by atoms with E-state index >= 15 is 0 Å². The summed E-state index contributed by atoms with van der Waals surface area (Å²) in [6.45, 7) is 7.80. The van der Waals surface area contributed by atoms with E-state index in [1.54, 1.807) is 7.11 Å². The first-order valence-corrected chi connectivity index (χ1v) is 9.78. The van der Waals surface area contributed by atoms with E-state index in [0.29, 0.717) is 18.0 Å². The predicted octanol–water partition coefficient (Wildman–Crippen LogP) is 3.24. The average Bonchev–Trinajstić information content (AvgIpc) is 2.75. The van der Waals surface area contributed by atoms with Gasteiger partial charge in [-0.05, 0) is 38.1 Å². The van der Waals surface area contributed by atoms with Crippen LogP contribution in [-0.4, -0.2) is 56.7 Å². The maximum Gasteiger partial charge on any atom is 0.241 e. The molecule has 6 heteroatoms. The molecule has 0 spiro atoms. The van der Waals surface area contributed by atoms with E-state index in [9.17, 15) is 4.79 Å². The summed E-state index contributed by atoms with van der Waals surface area (Å²) in [5.41, 5.74) is 1.82. The minimum atomic E-state index is -0.213.